The average Bonchev–Trinajstić information content (AvgIpc) is 2.58. The fourth-order valence-electron chi connectivity index (χ4n) is 0.743. The third-order valence-electron chi connectivity index (χ3n) is 1.42. The molecular weight excluding hydrogens is 194 g/mol. The van der Waals surface area contributed by atoms with Crippen molar-refractivity contribution in [1.29, 1.82) is 0 Å². The van der Waals surface area contributed by atoms with Crippen LogP contribution in [0.1, 0.15) is 21.0 Å². The molecule has 0 aliphatic carbocycles. The van der Waals surface area contributed by atoms with Crippen LogP contribution in [0.5, 0.6) is 5.75 Å². The van der Waals surface area contributed by atoms with E-state index in [-0.39, 0.29) is 0 Å². The van der Waals surface area contributed by atoms with E-state index in [4.69, 9.17) is 0 Å². The maximum atomic E-state index is 10.9. The number of hydrogen-bond acceptors (Lipinski definition) is 7. The van der Waals surface area contributed by atoms with E-state index in [0.717, 1.165) is 14.2 Å². The van der Waals surface area contributed by atoms with Crippen molar-refractivity contribution >= 4 is 11.9 Å². The molecule has 1 rings (SSSR count). The molecule has 0 aliphatic rings. The zero-order valence-electron chi connectivity index (χ0n) is 7.44. The van der Waals surface area contributed by atoms with Gasteiger partial charge >= 0.3 is 11.9 Å². The van der Waals surface area contributed by atoms with Crippen molar-refractivity contribution in [3.05, 3.63) is 11.5 Å². The highest BCUT2D eigenvalue weighted by Crippen LogP contribution is 2.22. The smallest absolute Gasteiger partial charge is 0.380 e. The van der Waals surface area contributed by atoms with Crippen molar-refractivity contribution in [2.75, 3.05) is 14.2 Å². The molecule has 0 aromatic carbocycles. The molecule has 0 saturated carbocycles. The Hall–Kier alpha value is -2.05. The predicted molar refractivity (Wildman–Crippen MR) is 40.8 cm³/mol. The van der Waals surface area contributed by atoms with Crippen LogP contribution in [0.3, 0.4) is 0 Å². The highest BCUT2D eigenvalue weighted by Gasteiger charge is 2.27. The van der Waals surface area contributed by atoms with E-state index in [1.54, 1.807) is 0 Å². The monoisotopic (exact) mass is 201 g/mol. The zero-order chi connectivity index (χ0) is 10.7. The second-order valence-corrected chi connectivity index (χ2v) is 2.19. The van der Waals surface area contributed by atoms with Gasteiger partial charge in [0.05, 0.1) is 14.2 Å². The van der Waals surface area contributed by atoms with Crippen molar-refractivity contribution in [3.8, 4) is 5.75 Å². The van der Waals surface area contributed by atoms with Crippen LogP contribution >= 0.6 is 0 Å². The number of carbonyl (C=O) groups excluding carboxylic acids is 2. The number of rotatable bonds is 2. The van der Waals surface area contributed by atoms with Gasteiger partial charge in [-0.15, -0.1) is 0 Å². The standard InChI is InChI=1S/C7H7NO6/c1-12-6(10)3-4(9)5(14-8-3)7(11)13-2/h9H,1-2H3. The molecule has 0 bridgehead atoms. The minimum Gasteiger partial charge on any atom is -0.502 e. The quantitative estimate of drug-likeness (QED) is 0.669. The second-order valence-electron chi connectivity index (χ2n) is 2.19. The van der Waals surface area contributed by atoms with Crippen molar-refractivity contribution in [2.45, 2.75) is 0 Å². The van der Waals surface area contributed by atoms with Crippen LogP contribution in [-0.2, 0) is 9.47 Å². The number of hydrogen-bond donors (Lipinski definition) is 1. The molecule has 0 unspecified atom stereocenters. The molecule has 1 aromatic heterocycles. The molecule has 0 aliphatic heterocycles. The fraction of sp³-hybridized carbons (Fsp3) is 0.286. The highest BCUT2D eigenvalue weighted by molar-refractivity contribution is 5.96. The van der Waals surface area contributed by atoms with Gasteiger partial charge in [-0.25, -0.2) is 9.59 Å². The molecule has 0 spiro atoms. The third kappa shape index (κ3) is 1.51. The van der Waals surface area contributed by atoms with E-state index in [1.807, 2.05) is 0 Å². The van der Waals surface area contributed by atoms with Crippen LogP contribution < -0.4 is 0 Å². The minimum atomic E-state index is -0.926. The summed E-state index contributed by atoms with van der Waals surface area (Å²) in [4.78, 5) is 21.8. The van der Waals surface area contributed by atoms with Crippen molar-refractivity contribution < 1.29 is 28.7 Å². The van der Waals surface area contributed by atoms with Crippen LogP contribution in [-0.4, -0.2) is 36.4 Å². The van der Waals surface area contributed by atoms with Gasteiger partial charge in [0.2, 0.25) is 11.4 Å². The van der Waals surface area contributed by atoms with Crippen LogP contribution in [0, 0.1) is 0 Å². The lowest BCUT2D eigenvalue weighted by Crippen LogP contribution is -2.03. The normalized spacial score (nSPS) is 9.57. The molecule has 1 N–H and O–H groups in total. The van der Waals surface area contributed by atoms with Crippen LogP contribution in [0.25, 0.3) is 0 Å². The first-order valence-corrected chi connectivity index (χ1v) is 3.47. The molecule has 0 atom stereocenters. The Bertz CT molecular complexity index is 335. The number of methoxy groups -OCH3 is 2. The van der Waals surface area contributed by atoms with E-state index in [0.29, 0.717) is 0 Å². The first kappa shape index (κ1) is 10.0. The topological polar surface area (TPSA) is 98.9 Å². The van der Waals surface area contributed by atoms with Crippen molar-refractivity contribution in [3.63, 3.8) is 0 Å². The van der Waals surface area contributed by atoms with Crippen molar-refractivity contribution in [2.24, 2.45) is 0 Å². The van der Waals surface area contributed by atoms with Gasteiger partial charge in [0, 0.05) is 0 Å². The summed E-state index contributed by atoms with van der Waals surface area (Å²) in [6, 6.07) is 0. The zero-order valence-corrected chi connectivity index (χ0v) is 7.44. The third-order valence-corrected chi connectivity index (χ3v) is 1.42. The van der Waals surface area contributed by atoms with Crippen LogP contribution in [0.4, 0.5) is 0 Å². The van der Waals surface area contributed by atoms with Gasteiger partial charge in [0.25, 0.3) is 5.76 Å². The summed E-state index contributed by atoms with van der Waals surface area (Å²) >= 11 is 0. The average molecular weight is 201 g/mol. The van der Waals surface area contributed by atoms with Gasteiger partial charge in [-0.05, 0) is 0 Å². The van der Waals surface area contributed by atoms with E-state index in [1.165, 1.54) is 0 Å². The summed E-state index contributed by atoms with van der Waals surface area (Å²) in [7, 11) is 2.20. The summed E-state index contributed by atoms with van der Waals surface area (Å²) in [5, 5.41) is 12.4. The van der Waals surface area contributed by atoms with Gasteiger partial charge in [0.1, 0.15) is 0 Å². The number of aromatic nitrogens is 1. The minimum absolute atomic E-state index is 0.465. The second kappa shape index (κ2) is 3.77. The Labute approximate surface area is 78.2 Å². The lowest BCUT2D eigenvalue weighted by Gasteiger charge is -1.94. The Balaban J connectivity index is 3.08. The molecule has 0 saturated heterocycles. The number of ether oxygens (including phenoxy) is 2. The largest absolute Gasteiger partial charge is 0.502 e. The van der Waals surface area contributed by atoms with Crippen LogP contribution in [0.2, 0.25) is 0 Å². The van der Waals surface area contributed by atoms with Gasteiger partial charge < -0.3 is 19.1 Å². The summed E-state index contributed by atoms with van der Waals surface area (Å²) in [5.41, 5.74) is -0.465. The first-order valence-electron chi connectivity index (χ1n) is 3.47. The summed E-state index contributed by atoms with van der Waals surface area (Å²) in [6.45, 7) is 0. The Morgan fingerprint density at radius 2 is 1.86 bits per heavy atom. The van der Waals surface area contributed by atoms with E-state index in [2.05, 4.69) is 19.2 Å². The predicted octanol–water partition coefficient (Wildman–Crippen LogP) is -0.0466. The number of aromatic hydroxyl groups is 1. The maximum absolute atomic E-state index is 10.9. The number of nitrogens with zero attached hydrogens (tertiary/aromatic N) is 1. The molecule has 0 fully saturated rings. The molecule has 76 valence electrons. The van der Waals surface area contributed by atoms with Gasteiger partial charge in [-0.2, -0.15) is 0 Å². The maximum Gasteiger partial charge on any atom is 0.380 e. The van der Waals surface area contributed by atoms with E-state index >= 15 is 0 Å². The van der Waals surface area contributed by atoms with Gasteiger partial charge in [-0.1, -0.05) is 5.16 Å². The van der Waals surface area contributed by atoms with Gasteiger partial charge in [0.15, 0.2) is 0 Å². The highest BCUT2D eigenvalue weighted by atomic mass is 16.6. The van der Waals surface area contributed by atoms with Crippen LogP contribution in [0.15, 0.2) is 4.52 Å². The van der Waals surface area contributed by atoms with Gasteiger partial charge in [-0.3, -0.25) is 0 Å². The van der Waals surface area contributed by atoms with E-state index < -0.39 is 29.1 Å². The Morgan fingerprint density at radius 1 is 1.29 bits per heavy atom. The molecule has 1 heterocycles. The Morgan fingerprint density at radius 3 is 2.36 bits per heavy atom. The summed E-state index contributed by atoms with van der Waals surface area (Å²) in [5.74, 6) is -3.05. The summed E-state index contributed by atoms with van der Waals surface area (Å²) < 4.78 is 12.9. The molecule has 7 nitrogen and oxygen atoms in total. The van der Waals surface area contributed by atoms with Crippen molar-refractivity contribution in [1.82, 2.24) is 5.16 Å². The Kier molecular flexibility index (Phi) is 2.70. The lowest BCUT2D eigenvalue weighted by molar-refractivity contribution is 0.0544. The number of carbonyl (C=O) groups is 2. The SMILES string of the molecule is COC(=O)c1noc(C(=O)OC)c1O. The molecule has 0 radical (unpaired) electrons. The van der Waals surface area contributed by atoms with E-state index in [9.17, 15) is 14.7 Å². The molecule has 1 aromatic rings. The first-order chi connectivity index (χ1) is 6.61. The molecular formula is C7H7NO6. The molecule has 0 amide bonds. The number of esters is 2. The molecule has 14 heavy (non-hydrogen) atoms. The fourth-order valence-corrected chi connectivity index (χ4v) is 0.743. The molecule has 7 heteroatoms. The lowest BCUT2D eigenvalue weighted by atomic mass is 10.3. The summed E-state index contributed by atoms with van der Waals surface area (Å²) in [6.07, 6.45) is 0.